The lowest BCUT2D eigenvalue weighted by molar-refractivity contribution is 0.0572. The lowest BCUT2D eigenvalue weighted by Gasteiger charge is -2.36. The fourth-order valence-corrected chi connectivity index (χ4v) is 7.87. The Hall–Kier alpha value is -3.94. The number of sulfonamides is 1. The first-order chi connectivity index (χ1) is 21.5. The number of aryl methyl sites for hydroxylation is 2. The van der Waals surface area contributed by atoms with Crippen molar-refractivity contribution < 1.29 is 27.5 Å². The van der Waals surface area contributed by atoms with Crippen LogP contribution in [-0.4, -0.2) is 93.3 Å². The van der Waals surface area contributed by atoms with Gasteiger partial charge in [-0.15, -0.1) is 0 Å². The van der Waals surface area contributed by atoms with Crippen LogP contribution < -0.4 is 19.1 Å². The molecule has 5 rings (SSSR count). The van der Waals surface area contributed by atoms with E-state index in [1.807, 2.05) is 18.2 Å². The summed E-state index contributed by atoms with van der Waals surface area (Å²) in [5, 5.41) is 4.23. The van der Waals surface area contributed by atoms with Crippen molar-refractivity contribution in [3.8, 4) is 11.5 Å². The first kappa shape index (κ1) is 32.5. The van der Waals surface area contributed by atoms with Crippen LogP contribution in [0.2, 0.25) is 0 Å². The lowest BCUT2D eigenvalue weighted by Crippen LogP contribution is -2.46. The second-order valence-corrected chi connectivity index (χ2v) is 13.1. The highest BCUT2D eigenvalue weighted by Gasteiger charge is 2.43. The molecule has 12 nitrogen and oxygen atoms in total. The Morgan fingerprint density at radius 2 is 1.69 bits per heavy atom. The number of rotatable bonds is 12. The summed E-state index contributed by atoms with van der Waals surface area (Å²) in [6, 6.07) is 10.1. The van der Waals surface area contributed by atoms with Crippen molar-refractivity contribution in [3.05, 3.63) is 64.5 Å². The van der Waals surface area contributed by atoms with Crippen molar-refractivity contribution in [3.63, 3.8) is 0 Å². The number of fused-ring (bicyclic) bond motifs is 1. The molecule has 0 radical (unpaired) electrons. The summed E-state index contributed by atoms with van der Waals surface area (Å²) in [7, 11) is 0.953. The number of carbonyl (C=O) groups excluding carboxylic acids is 2. The first-order valence-corrected chi connectivity index (χ1v) is 16.7. The van der Waals surface area contributed by atoms with Crippen LogP contribution >= 0.6 is 0 Å². The standard InChI is InChI=1S/C32H42N6O6S/c1-7-36-16-18-37(19-17-36)26-11-8-10-24-29(26)32(40)38(31(24)39)25(23-13-14-27(43-5)28(20-23)44-6)12-9-15-33-45(41,42)30-21(2)34-35(4)22(30)3/h8,10-11,13-14,20,25,33H,7,9,12,15-19H2,1-6H3/t25-/m1/s1. The summed E-state index contributed by atoms with van der Waals surface area (Å²) in [6.45, 7) is 9.88. The molecule has 2 aliphatic heterocycles. The molecule has 0 spiro atoms. The van der Waals surface area contributed by atoms with Crippen LogP contribution in [0.5, 0.6) is 11.5 Å². The van der Waals surface area contributed by atoms with Gasteiger partial charge in [-0.05, 0) is 63.1 Å². The highest BCUT2D eigenvalue weighted by molar-refractivity contribution is 7.89. The molecule has 2 aromatic carbocycles. The van der Waals surface area contributed by atoms with E-state index in [0.717, 1.165) is 38.4 Å². The van der Waals surface area contributed by atoms with E-state index in [2.05, 4.69) is 26.5 Å². The van der Waals surface area contributed by atoms with Crippen molar-refractivity contribution in [1.82, 2.24) is 24.3 Å². The molecule has 45 heavy (non-hydrogen) atoms. The number of imide groups is 1. The van der Waals surface area contributed by atoms with Gasteiger partial charge in [-0.2, -0.15) is 5.10 Å². The number of nitrogens with zero attached hydrogens (tertiary/aromatic N) is 5. The second-order valence-electron chi connectivity index (χ2n) is 11.4. The number of amides is 2. The molecule has 0 bridgehead atoms. The highest BCUT2D eigenvalue weighted by Crippen LogP contribution is 2.40. The zero-order chi connectivity index (χ0) is 32.5. The van der Waals surface area contributed by atoms with Crippen LogP contribution in [0.1, 0.15) is 63.5 Å². The Morgan fingerprint density at radius 1 is 0.978 bits per heavy atom. The molecule has 3 heterocycles. The molecule has 0 saturated carbocycles. The number of methoxy groups -OCH3 is 2. The molecule has 13 heteroatoms. The molecule has 1 aromatic heterocycles. The maximum Gasteiger partial charge on any atom is 0.264 e. The van der Waals surface area contributed by atoms with Crippen LogP contribution in [0.3, 0.4) is 0 Å². The van der Waals surface area contributed by atoms with Gasteiger partial charge in [0.2, 0.25) is 10.0 Å². The molecular weight excluding hydrogens is 596 g/mol. The third-order valence-corrected chi connectivity index (χ3v) is 10.6. The third kappa shape index (κ3) is 6.16. The van der Waals surface area contributed by atoms with Crippen LogP contribution in [-0.2, 0) is 17.1 Å². The number of piperazine rings is 1. The van der Waals surface area contributed by atoms with Crippen molar-refractivity contribution in [2.75, 3.05) is 58.4 Å². The summed E-state index contributed by atoms with van der Waals surface area (Å²) in [5.41, 5.74) is 3.21. The van der Waals surface area contributed by atoms with Gasteiger partial charge in [-0.1, -0.05) is 19.1 Å². The van der Waals surface area contributed by atoms with Gasteiger partial charge in [0.05, 0.1) is 48.5 Å². The van der Waals surface area contributed by atoms with Gasteiger partial charge in [0.1, 0.15) is 4.90 Å². The van der Waals surface area contributed by atoms with Crippen LogP contribution in [0, 0.1) is 13.8 Å². The number of likely N-dealkylation sites (N-methyl/N-ethyl adjacent to an activating group) is 1. The fraction of sp³-hybridized carbons (Fsp3) is 0.469. The second kappa shape index (κ2) is 13.2. The van der Waals surface area contributed by atoms with Crippen molar-refractivity contribution in [2.45, 2.75) is 44.6 Å². The van der Waals surface area contributed by atoms with Gasteiger partial charge in [0.25, 0.3) is 11.8 Å². The van der Waals surface area contributed by atoms with E-state index < -0.39 is 16.1 Å². The zero-order valence-corrected chi connectivity index (χ0v) is 27.6. The Morgan fingerprint density at radius 3 is 2.31 bits per heavy atom. The number of hydrogen-bond donors (Lipinski definition) is 1. The predicted molar refractivity (Wildman–Crippen MR) is 171 cm³/mol. The third-order valence-electron chi connectivity index (χ3n) is 8.85. The molecule has 3 aromatic rings. The maximum atomic E-state index is 14.2. The van der Waals surface area contributed by atoms with Crippen LogP contribution in [0.15, 0.2) is 41.3 Å². The molecule has 2 aliphatic rings. The molecule has 2 amide bonds. The number of ether oxygens (including phenoxy) is 2. The van der Waals surface area contributed by atoms with E-state index in [4.69, 9.17) is 9.47 Å². The predicted octanol–water partition coefficient (Wildman–Crippen LogP) is 3.29. The Labute approximate surface area is 264 Å². The Bertz CT molecular complexity index is 1700. The zero-order valence-electron chi connectivity index (χ0n) is 26.8. The van der Waals surface area contributed by atoms with Gasteiger partial charge in [0.15, 0.2) is 11.5 Å². The van der Waals surface area contributed by atoms with E-state index >= 15 is 0 Å². The van der Waals surface area contributed by atoms with E-state index in [1.165, 1.54) is 16.7 Å². The maximum absolute atomic E-state index is 14.2. The van der Waals surface area contributed by atoms with Gasteiger partial charge >= 0.3 is 0 Å². The van der Waals surface area contributed by atoms with E-state index in [9.17, 15) is 18.0 Å². The van der Waals surface area contributed by atoms with Gasteiger partial charge in [-0.3, -0.25) is 19.2 Å². The number of benzene rings is 2. The monoisotopic (exact) mass is 638 g/mol. The van der Waals surface area contributed by atoms with E-state index in [0.29, 0.717) is 52.4 Å². The van der Waals surface area contributed by atoms with E-state index in [1.54, 1.807) is 46.2 Å². The average Bonchev–Trinajstić information content (AvgIpc) is 3.46. The Balaban J connectivity index is 1.43. The average molecular weight is 639 g/mol. The van der Waals surface area contributed by atoms with Gasteiger partial charge in [-0.25, -0.2) is 13.1 Å². The minimum Gasteiger partial charge on any atom is -0.493 e. The lowest BCUT2D eigenvalue weighted by atomic mass is 9.99. The van der Waals surface area contributed by atoms with Gasteiger partial charge < -0.3 is 19.3 Å². The molecular formula is C32H42N6O6S. The molecule has 1 N–H and O–H groups in total. The molecule has 0 unspecified atom stereocenters. The summed E-state index contributed by atoms with van der Waals surface area (Å²) in [6.07, 6.45) is 0.675. The quantitative estimate of drug-likeness (QED) is 0.235. The van der Waals surface area contributed by atoms with Gasteiger partial charge in [0, 0.05) is 39.8 Å². The smallest absolute Gasteiger partial charge is 0.264 e. The molecule has 1 fully saturated rings. The topological polar surface area (TPSA) is 126 Å². The van der Waals surface area contributed by atoms with Crippen molar-refractivity contribution >= 4 is 27.5 Å². The summed E-state index contributed by atoms with van der Waals surface area (Å²) in [5.74, 6) is 0.261. The fourth-order valence-electron chi connectivity index (χ4n) is 6.36. The SMILES string of the molecule is CCN1CCN(c2cccc3c2C(=O)N([C@H](CCCNS(=O)(=O)c2c(C)nn(C)c2C)c2ccc(OC)c(OC)c2)C3=O)CC1. The number of anilines is 1. The molecule has 0 aliphatic carbocycles. The number of hydrogen-bond acceptors (Lipinski definition) is 9. The normalized spacial score (nSPS) is 16.3. The van der Waals surface area contributed by atoms with Crippen molar-refractivity contribution in [2.24, 2.45) is 7.05 Å². The molecule has 1 saturated heterocycles. The minimum atomic E-state index is -3.82. The summed E-state index contributed by atoms with van der Waals surface area (Å²) in [4.78, 5) is 34.2. The number of aromatic nitrogens is 2. The first-order valence-electron chi connectivity index (χ1n) is 15.2. The molecule has 242 valence electrons. The Kier molecular flexibility index (Phi) is 9.52. The summed E-state index contributed by atoms with van der Waals surface area (Å²) < 4.78 is 41.5. The highest BCUT2D eigenvalue weighted by atomic mass is 32.2. The number of carbonyl (C=O) groups is 2. The van der Waals surface area contributed by atoms with Crippen molar-refractivity contribution in [1.29, 1.82) is 0 Å². The van der Waals surface area contributed by atoms with Crippen LogP contribution in [0.25, 0.3) is 0 Å². The number of nitrogens with one attached hydrogen (secondary N) is 1. The molecule has 1 atom stereocenters. The van der Waals surface area contributed by atoms with Crippen LogP contribution in [0.4, 0.5) is 5.69 Å². The summed E-state index contributed by atoms with van der Waals surface area (Å²) >= 11 is 0. The van der Waals surface area contributed by atoms with E-state index in [-0.39, 0.29) is 23.3 Å². The largest absolute Gasteiger partial charge is 0.493 e. The minimum absolute atomic E-state index is 0.107.